The molecule has 6 nitrogen and oxygen atoms in total. The van der Waals surface area contributed by atoms with Gasteiger partial charge in [0.1, 0.15) is 5.75 Å². The summed E-state index contributed by atoms with van der Waals surface area (Å²) in [5, 5.41) is 7.90. The Kier molecular flexibility index (Phi) is 4.71. The van der Waals surface area contributed by atoms with Gasteiger partial charge in [0.2, 0.25) is 11.9 Å². The van der Waals surface area contributed by atoms with Crippen LogP contribution in [0.3, 0.4) is 0 Å². The summed E-state index contributed by atoms with van der Waals surface area (Å²) >= 11 is 0. The van der Waals surface area contributed by atoms with Crippen LogP contribution in [0, 0.1) is 0 Å². The summed E-state index contributed by atoms with van der Waals surface area (Å²) in [6.45, 7) is 4.81. The second kappa shape index (κ2) is 7.31. The van der Waals surface area contributed by atoms with E-state index in [1.165, 1.54) is 16.7 Å². The standard InChI is InChI=1S/C21H25N5O/c1-3-14-5-7-15(8-6-14)18-13-19(26-21(23-18)24-20(22)25-26)16-9-11-17(12-10-16)27-4-2/h5-12,18-19H,3-4,13H2,1-2H3,(H3,22,23,24,25)/t18-,19+/m0/s1. The number of nitrogens with two attached hydrogens (primary N) is 1. The van der Waals surface area contributed by atoms with Crippen molar-refractivity contribution in [3.8, 4) is 5.75 Å². The number of aryl methyl sites for hydroxylation is 1. The topological polar surface area (TPSA) is 78.0 Å². The summed E-state index contributed by atoms with van der Waals surface area (Å²) in [5.74, 6) is 1.87. The van der Waals surface area contributed by atoms with Crippen LogP contribution in [0.15, 0.2) is 48.5 Å². The van der Waals surface area contributed by atoms with E-state index in [1.54, 1.807) is 0 Å². The van der Waals surface area contributed by atoms with Gasteiger partial charge in [-0.1, -0.05) is 43.3 Å². The molecule has 1 aliphatic heterocycles. The maximum Gasteiger partial charge on any atom is 0.241 e. The van der Waals surface area contributed by atoms with Crippen molar-refractivity contribution in [2.75, 3.05) is 17.7 Å². The molecule has 3 N–H and O–H groups in total. The van der Waals surface area contributed by atoms with Crippen molar-refractivity contribution < 1.29 is 4.74 Å². The first-order chi connectivity index (χ1) is 13.2. The van der Waals surface area contributed by atoms with Crippen molar-refractivity contribution in [3.05, 3.63) is 65.2 Å². The normalized spacial score (nSPS) is 18.6. The number of hydrogen-bond acceptors (Lipinski definition) is 5. The zero-order valence-corrected chi connectivity index (χ0v) is 15.7. The molecule has 140 valence electrons. The molecule has 0 amide bonds. The fourth-order valence-electron chi connectivity index (χ4n) is 3.63. The van der Waals surface area contributed by atoms with Crippen molar-refractivity contribution in [2.24, 2.45) is 0 Å². The number of nitrogens with zero attached hydrogens (tertiary/aromatic N) is 3. The van der Waals surface area contributed by atoms with E-state index in [0.29, 0.717) is 12.6 Å². The number of fused-ring (bicyclic) bond motifs is 1. The van der Waals surface area contributed by atoms with Crippen molar-refractivity contribution in [1.82, 2.24) is 14.8 Å². The van der Waals surface area contributed by atoms with Crippen LogP contribution < -0.4 is 15.8 Å². The largest absolute Gasteiger partial charge is 0.494 e. The lowest BCUT2D eigenvalue weighted by Gasteiger charge is -2.31. The Balaban J connectivity index is 1.66. The zero-order chi connectivity index (χ0) is 18.8. The molecule has 27 heavy (non-hydrogen) atoms. The summed E-state index contributed by atoms with van der Waals surface area (Å²) in [7, 11) is 0. The first-order valence-electron chi connectivity index (χ1n) is 9.48. The SMILES string of the molecule is CCOc1ccc([C@H]2C[C@@H](c3ccc(CC)cc3)Nc3nc(N)nn32)cc1. The highest BCUT2D eigenvalue weighted by atomic mass is 16.5. The molecule has 1 aromatic heterocycles. The van der Waals surface area contributed by atoms with Crippen LogP contribution in [-0.2, 0) is 6.42 Å². The van der Waals surface area contributed by atoms with Crippen LogP contribution in [0.2, 0.25) is 0 Å². The molecule has 3 aromatic rings. The van der Waals surface area contributed by atoms with Gasteiger partial charge >= 0.3 is 0 Å². The molecule has 4 rings (SSSR count). The van der Waals surface area contributed by atoms with Gasteiger partial charge in [0.05, 0.1) is 18.7 Å². The highest BCUT2D eigenvalue weighted by Crippen LogP contribution is 2.38. The van der Waals surface area contributed by atoms with Gasteiger partial charge in [-0.05, 0) is 48.6 Å². The van der Waals surface area contributed by atoms with Gasteiger partial charge in [-0.25, -0.2) is 4.68 Å². The predicted octanol–water partition coefficient (Wildman–Crippen LogP) is 3.97. The number of hydrogen-bond donors (Lipinski definition) is 2. The lowest BCUT2D eigenvalue weighted by atomic mass is 9.93. The van der Waals surface area contributed by atoms with E-state index in [-0.39, 0.29) is 18.0 Å². The van der Waals surface area contributed by atoms with Crippen LogP contribution in [0.4, 0.5) is 11.9 Å². The number of rotatable bonds is 5. The number of ether oxygens (including phenoxy) is 1. The average molecular weight is 363 g/mol. The zero-order valence-electron chi connectivity index (χ0n) is 15.7. The average Bonchev–Trinajstić information content (AvgIpc) is 3.08. The van der Waals surface area contributed by atoms with Crippen LogP contribution in [0.5, 0.6) is 5.75 Å². The van der Waals surface area contributed by atoms with E-state index in [9.17, 15) is 0 Å². The summed E-state index contributed by atoms with van der Waals surface area (Å²) in [6, 6.07) is 17.2. The number of benzene rings is 2. The minimum atomic E-state index is 0.0672. The maximum atomic E-state index is 5.88. The summed E-state index contributed by atoms with van der Waals surface area (Å²) in [4.78, 5) is 4.38. The Hall–Kier alpha value is -3.02. The Morgan fingerprint density at radius 2 is 1.78 bits per heavy atom. The maximum absolute atomic E-state index is 5.88. The van der Waals surface area contributed by atoms with Gasteiger partial charge in [-0.3, -0.25) is 0 Å². The van der Waals surface area contributed by atoms with Gasteiger partial charge in [0.25, 0.3) is 0 Å². The van der Waals surface area contributed by atoms with Crippen LogP contribution in [-0.4, -0.2) is 21.4 Å². The Morgan fingerprint density at radius 3 is 2.44 bits per heavy atom. The first-order valence-corrected chi connectivity index (χ1v) is 9.48. The van der Waals surface area contributed by atoms with E-state index in [4.69, 9.17) is 10.5 Å². The van der Waals surface area contributed by atoms with Crippen molar-refractivity contribution in [3.63, 3.8) is 0 Å². The second-order valence-corrected chi connectivity index (χ2v) is 6.78. The molecular weight excluding hydrogens is 338 g/mol. The third-order valence-corrected chi connectivity index (χ3v) is 5.07. The molecule has 0 saturated heterocycles. The van der Waals surface area contributed by atoms with E-state index < -0.39 is 0 Å². The predicted molar refractivity (Wildman–Crippen MR) is 107 cm³/mol. The summed E-state index contributed by atoms with van der Waals surface area (Å²) in [5.41, 5.74) is 9.63. The minimum Gasteiger partial charge on any atom is -0.494 e. The number of nitrogen functional groups attached to an aromatic ring is 1. The molecular formula is C21H25N5O. The number of anilines is 2. The number of nitrogens with one attached hydrogen (secondary N) is 1. The van der Waals surface area contributed by atoms with E-state index in [1.807, 2.05) is 23.7 Å². The molecule has 2 atom stereocenters. The van der Waals surface area contributed by atoms with Crippen molar-refractivity contribution in [1.29, 1.82) is 0 Å². The Bertz CT molecular complexity index is 901. The van der Waals surface area contributed by atoms with Gasteiger partial charge in [0, 0.05) is 0 Å². The molecule has 6 heteroatoms. The first kappa shape index (κ1) is 17.4. The molecule has 2 heterocycles. The molecule has 0 spiro atoms. The monoisotopic (exact) mass is 363 g/mol. The third-order valence-electron chi connectivity index (χ3n) is 5.07. The molecule has 0 unspecified atom stereocenters. The smallest absolute Gasteiger partial charge is 0.241 e. The summed E-state index contributed by atoms with van der Waals surface area (Å²) < 4.78 is 7.46. The van der Waals surface area contributed by atoms with Crippen molar-refractivity contribution >= 4 is 11.9 Å². The Labute approximate surface area is 159 Å². The third kappa shape index (κ3) is 3.47. The second-order valence-electron chi connectivity index (χ2n) is 6.78. The molecule has 0 radical (unpaired) electrons. The highest BCUT2D eigenvalue weighted by Gasteiger charge is 2.30. The van der Waals surface area contributed by atoms with Crippen LogP contribution in [0.1, 0.15) is 49.0 Å². The van der Waals surface area contributed by atoms with Crippen LogP contribution in [0.25, 0.3) is 0 Å². The summed E-state index contributed by atoms with van der Waals surface area (Å²) in [6.07, 6.45) is 1.91. The molecule has 0 fully saturated rings. The minimum absolute atomic E-state index is 0.0672. The Morgan fingerprint density at radius 1 is 1.07 bits per heavy atom. The lowest BCUT2D eigenvalue weighted by Crippen LogP contribution is -2.28. The van der Waals surface area contributed by atoms with Crippen LogP contribution >= 0.6 is 0 Å². The molecule has 0 bridgehead atoms. The molecule has 2 aromatic carbocycles. The fourth-order valence-corrected chi connectivity index (χ4v) is 3.63. The number of aromatic nitrogens is 3. The quantitative estimate of drug-likeness (QED) is 0.717. The van der Waals surface area contributed by atoms with Gasteiger partial charge in [-0.2, -0.15) is 4.98 Å². The molecule has 0 aliphatic carbocycles. The van der Waals surface area contributed by atoms with Gasteiger partial charge in [-0.15, -0.1) is 5.10 Å². The molecule has 1 aliphatic rings. The van der Waals surface area contributed by atoms with Crippen molar-refractivity contribution in [2.45, 2.75) is 38.8 Å². The lowest BCUT2D eigenvalue weighted by molar-refractivity contribution is 0.340. The highest BCUT2D eigenvalue weighted by molar-refractivity contribution is 5.42. The van der Waals surface area contributed by atoms with Gasteiger partial charge in [0.15, 0.2) is 0 Å². The molecule has 0 saturated carbocycles. The van der Waals surface area contributed by atoms with E-state index in [0.717, 1.165) is 18.6 Å². The fraction of sp³-hybridized carbons (Fsp3) is 0.333. The van der Waals surface area contributed by atoms with Gasteiger partial charge < -0.3 is 15.8 Å². The van der Waals surface area contributed by atoms with E-state index in [2.05, 4.69) is 58.7 Å². The van der Waals surface area contributed by atoms with E-state index >= 15 is 0 Å².